The van der Waals surface area contributed by atoms with Crippen LogP contribution < -0.4 is 10.1 Å². The number of urea groups is 1. The van der Waals surface area contributed by atoms with E-state index in [0.29, 0.717) is 37.6 Å². The summed E-state index contributed by atoms with van der Waals surface area (Å²) < 4.78 is 5.56. The summed E-state index contributed by atoms with van der Waals surface area (Å²) in [5.41, 5.74) is 0.0198. The molecule has 0 saturated carbocycles. The molecule has 0 bridgehead atoms. The number of likely N-dealkylation sites (N-methyl/N-ethyl adjacent to an activating group) is 1. The van der Waals surface area contributed by atoms with Gasteiger partial charge in [-0.05, 0) is 40.1 Å². The average molecular weight is 454 g/mol. The number of amides is 2. The summed E-state index contributed by atoms with van der Waals surface area (Å²) in [6.45, 7) is 5.99. The maximum atomic E-state index is 12.2. The second-order valence-electron chi connectivity index (χ2n) is 6.93. The Morgan fingerprint density at radius 2 is 1.62 bits per heavy atom. The third kappa shape index (κ3) is 13.5. The first kappa shape index (κ1) is 28.3. The van der Waals surface area contributed by atoms with Crippen molar-refractivity contribution >= 4 is 23.7 Å². The number of carboxylic acids is 2. The van der Waals surface area contributed by atoms with Crippen LogP contribution in [0.4, 0.5) is 10.5 Å². The van der Waals surface area contributed by atoms with Crippen LogP contribution in [0.2, 0.25) is 0 Å². The quantitative estimate of drug-likeness (QED) is 0.256. The number of hydrogen-bond donors (Lipinski definition) is 3. The Balaban J connectivity index is 0.00000102. The second-order valence-corrected chi connectivity index (χ2v) is 6.93. The molecule has 0 aliphatic heterocycles. The first-order valence-corrected chi connectivity index (χ1v) is 9.64. The summed E-state index contributed by atoms with van der Waals surface area (Å²) in [7, 11) is 3.90. The third-order valence-corrected chi connectivity index (χ3v) is 3.74. The molecule has 12 nitrogen and oxygen atoms in total. The molecular weight excluding hydrogens is 424 g/mol. The Hall–Kier alpha value is -3.67. The largest absolute Gasteiger partial charge is 0.492 e. The Morgan fingerprint density at radius 3 is 2.03 bits per heavy atom. The lowest BCUT2D eigenvalue weighted by atomic mass is 10.3. The lowest BCUT2D eigenvalue weighted by molar-refractivity contribution is -0.384. The molecule has 1 aromatic carbocycles. The molecule has 0 atom stereocenters. The minimum Gasteiger partial charge on any atom is -0.492 e. The van der Waals surface area contributed by atoms with Crippen molar-refractivity contribution in [2.75, 3.05) is 40.3 Å². The SMILES string of the molecule is CC(C)N(CCOc1ccc([N+](=O)[O-])cc1)C(=O)NCCN(C)C.O=C(O)C=CC(=O)O. The van der Waals surface area contributed by atoms with Crippen LogP contribution >= 0.6 is 0 Å². The van der Waals surface area contributed by atoms with Gasteiger partial charge in [-0.3, -0.25) is 10.1 Å². The van der Waals surface area contributed by atoms with Gasteiger partial charge in [0.05, 0.1) is 11.5 Å². The average Bonchev–Trinajstić information content (AvgIpc) is 2.69. The monoisotopic (exact) mass is 454 g/mol. The highest BCUT2D eigenvalue weighted by molar-refractivity contribution is 5.89. The molecule has 1 aromatic rings. The Kier molecular flexibility index (Phi) is 13.4. The van der Waals surface area contributed by atoms with Gasteiger partial charge in [-0.15, -0.1) is 0 Å². The van der Waals surface area contributed by atoms with Crippen LogP contribution in [0.5, 0.6) is 5.75 Å². The molecule has 0 aliphatic carbocycles. The summed E-state index contributed by atoms with van der Waals surface area (Å²) in [6, 6.07) is 5.81. The van der Waals surface area contributed by atoms with Gasteiger partial charge < -0.3 is 30.1 Å². The van der Waals surface area contributed by atoms with Crippen molar-refractivity contribution in [3.8, 4) is 5.75 Å². The lowest BCUT2D eigenvalue weighted by Crippen LogP contribution is -2.47. The number of hydrogen-bond acceptors (Lipinski definition) is 7. The molecular formula is C20H30N4O8. The standard InChI is InChI=1S/C16H26N4O4.C4H4O4/c1-13(2)19(16(21)17-9-10-18(3)4)11-12-24-15-7-5-14(6-8-15)20(22)23;5-3(6)1-2-4(7)8/h5-8,13H,9-12H2,1-4H3,(H,17,21);1-2H,(H,5,6)(H,7,8). The molecule has 0 aromatic heterocycles. The smallest absolute Gasteiger partial charge is 0.328 e. The number of rotatable bonds is 11. The Bertz CT molecular complexity index is 762. The molecule has 178 valence electrons. The minimum absolute atomic E-state index is 0.0198. The van der Waals surface area contributed by atoms with Gasteiger partial charge in [0.1, 0.15) is 12.4 Å². The van der Waals surface area contributed by atoms with Gasteiger partial charge in [0.15, 0.2) is 0 Å². The predicted octanol–water partition coefficient (Wildman–Crippen LogP) is 1.67. The number of nitro benzene ring substituents is 1. The van der Waals surface area contributed by atoms with Crippen molar-refractivity contribution < 1.29 is 34.3 Å². The van der Waals surface area contributed by atoms with E-state index >= 15 is 0 Å². The van der Waals surface area contributed by atoms with E-state index in [9.17, 15) is 24.5 Å². The van der Waals surface area contributed by atoms with E-state index in [1.165, 1.54) is 12.1 Å². The second kappa shape index (κ2) is 15.2. The topological polar surface area (TPSA) is 163 Å². The van der Waals surface area contributed by atoms with Crippen LogP contribution in [-0.2, 0) is 9.59 Å². The lowest BCUT2D eigenvalue weighted by Gasteiger charge is -2.27. The predicted molar refractivity (Wildman–Crippen MR) is 117 cm³/mol. The summed E-state index contributed by atoms with van der Waals surface area (Å²) in [4.78, 5) is 45.1. The number of nitrogens with zero attached hydrogens (tertiary/aromatic N) is 3. The van der Waals surface area contributed by atoms with Crippen molar-refractivity contribution in [1.82, 2.24) is 15.1 Å². The van der Waals surface area contributed by atoms with Gasteiger partial charge in [0, 0.05) is 43.4 Å². The fraction of sp³-hybridized carbons (Fsp3) is 0.450. The summed E-state index contributed by atoms with van der Waals surface area (Å²) in [5.74, 6) is -1.97. The molecule has 0 radical (unpaired) electrons. The van der Waals surface area contributed by atoms with E-state index in [2.05, 4.69) is 5.32 Å². The van der Waals surface area contributed by atoms with Gasteiger partial charge in [-0.1, -0.05) is 0 Å². The van der Waals surface area contributed by atoms with Crippen molar-refractivity contribution in [1.29, 1.82) is 0 Å². The van der Waals surface area contributed by atoms with Crippen LogP contribution in [0, 0.1) is 10.1 Å². The number of carbonyl (C=O) groups is 3. The molecule has 1 rings (SSSR count). The van der Waals surface area contributed by atoms with E-state index in [1.807, 2.05) is 32.8 Å². The fourth-order valence-corrected chi connectivity index (χ4v) is 2.15. The van der Waals surface area contributed by atoms with Crippen molar-refractivity contribution in [2.45, 2.75) is 19.9 Å². The van der Waals surface area contributed by atoms with E-state index < -0.39 is 16.9 Å². The zero-order chi connectivity index (χ0) is 24.7. The van der Waals surface area contributed by atoms with Crippen molar-refractivity contribution in [3.05, 3.63) is 46.5 Å². The van der Waals surface area contributed by atoms with Gasteiger partial charge >= 0.3 is 18.0 Å². The molecule has 0 aliphatic rings. The molecule has 0 unspecified atom stereocenters. The highest BCUT2D eigenvalue weighted by atomic mass is 16.6. The number of aliphatic carboxylic acids is 2. The number of ether oxygens (including phenoxy) is 1. The van der Waals surface area contributed by atoms with Crippen molar-refractivity contribution in [2.24, 2.45) is 0 Å². The summed E-state index contributed by atoms with van der Waals surface area (Å²) >= 11 is 0. The van der Waals surface area contributed by atoms with Crippen LogP contribution in [-0.4, -0.2) is 89.3 Å². The third-order valence-electron chi connectivity index (χ3n) is 3.74. The number of nitrogens with one attached hydrogen (secondary N) is 1. The number of carboxylic acid groups (broad SMARTS) is 2. The number of carbonyl (C=O) groups excluding carboxylic acids is 1. The highest BCUT2D eigenvalue weighted by Crippen LogP contribution is 2.17. The summed E-state index contributed by atoms with van der Waals surface area (Å²) in [5, 5.41) is 29.1. The molecule has 0 heterocycles. The van der Waals surface area contributed by atoms with Gasteiger partial charge in [0.2, 0.25) is 0 Å². The maximum Gasteiger partial charge on any atom is 0.328 e. The summed E-state index contributed by atoms with van der Waals surface area (Å²) in [6.07, 6.45) is 1.12. The molecule has 3 N–H and O–H groups in total. The Labute approximate surface area is 186 Å². The highest BCUT2D eigenvalue weighted by Gasteiger charge is 2.16. The zero-order valence-electron chi connectivity index (χ0n) is 18.6. The molecule has 12 heteroatoms. The first-order chi connectivity index (χ1) is 14.9. The maximum absolute atomic E-state index is 12.2. The van der Waals surface area contributed by atoms with E-state index in [-0.39, 0.29) is 17.8 Å². The molecule has 0 fully saturated rings. The van der Waals surface area contributed by atoms with Gasteiger partial charge in [-0.2, -0.15) is 0 Å². The van der Waals surface area contributed by atoms with Crippen LogP contribution in [0.15, 0.2) is 36.4 Å². The van der Waals surface area contributed by atoms with Gasteiger partial charge in [0.25, 0.3) is 5.69 Å². The van der Waals surface area contributed by atoms with Crippen molar-refractivity contribution in [3.63, 3.8) is 0 Å². The number of non-ortho nitro benzene ring substituents is 1. The van der Waals surface area contributed by atoms with Crippen LogP contribution in [0.25, 0.3) is 0 Å². The number of nitro groups is 1. The molecule has 32 heavy (non-hydrogen) atoms. The normalized spacial score (nSPS) is 10.4. The van der Waals surface area contributed by atoms with Crippen LogP contribution in [0.3, 0.4) is 0 Å². The molecule has 2 amide bonds. The Morgan fingerprint density at radius 1 is 1.09 bits per heavy atom. The zero-order valence-corrected chi connectivity index (χ0v) is 18.6. The molecule has 0 spiro atoms. The minimum atomic E-state index is -1.26. The van der Waals surface area contributed by atoms with E-state index in [1.54, 1.807) is 17.0 Å². The van der Waals surface area contributed by atoms with E-state index in [0.717, 1.165) is 6.54 Å². The van der Waals surface area contributed by atoms with Crippen LogP contribution in [0.1, 0.15) is 13.8 Å². The number of benzene rings is 1. The van der Waals surface area contributed by atoms with E-state index in [4.69, 9.17) is 14.9 Å². The molecule has 0 saturated heterocycles. The first-order valence-electron chi connectivity index (χ1n) is 9.64. The fourth-order valence-electron chi connectivity index (χ4n) is 2.15. The van der Waals surface area contributed by atoms with Gasteiger partial charge in [-0.25, -0.2) is 14.4 Å².